The number of nitriles is 2. The molecule has 0 unspecified atom stereocenters. The van der Waals surface area contributed by atoms with E-state index in [0.29, 0.717) is 0 Å². The van der Waals surface area contributed by atoms with E-state index >= 15 is 0 Å². The van der Waals surface area contributed by atoms with Crippen molar-refractivity contribution in [1.29, 1.82) is 10.5 Å². The molecule has 0 aliphatic heterocycles. The van der Waals surface area contributed by atoms with Gasteiger partial charge in [-0.15, -0.1) is 0 Å². The maximum absolute atomic E-state index is 13.9. The van der Waals surface area contributed by atoms with Gasteiger partial charge < -0.3 is 9.47 Å². The summed E-state index contributed by atoms with van der Waals surface area (Å²) in [6, 6.07) is 29.8. The third-order valence-corrected chi connectivity index (χ3v) is 8.76. The highest BCUT2D eigenvalue weighted by Gasteiger charge is 2.53. The number of nitrogens with zero attached hydrogens (tertiary/aromatic N) is 2. The second-order valence-electron chi connectivity index (χ2n) is 9.21. The van der Waals surface area contributed by atoms with Crippen LogP contribution < -0.4 is 0 Å². The molecule has 0 radical (unpaired) electrons. The fraction of sp³-hybridized carbons (Fsp3) is 0.310. The van der Waals surface area contributed by atoms with Crippen molar-refractivity contribution in [2.75, 3.05) is 0 Å². The molecule has 184 valence electrons. The summed E-state index contributed by atoms with van der Waals surface area (Å²) in [4.78, 5) is 0.139. The summed E-state index contributed by atoms with van der Waals surface area (Å²) in [5.41, 5.74) is 1.23. The van der Waals surface area contributed by atoms with Gasteiger partial charge in [0.25, 0.3) is 0 Å². The largest absolute Gasteiger partial charge is 0.371 e. The van der Waals surface area contributed by atoms with Crippen molar-refractivity contribution in [3.8, 4) is 12.1 Å². The third-order valence-electron chi connectivity index (χ3n) is 6.60. The van der Waals surface area contributed by atoms with Crippen molar-refractivity contribution in [1.82, 2.24) is 0 Å². The number of hydrogen-bond acceptors (Lipinski definition) is 6. The van der Waals surface area contributed by atoms with Gasteiger partial charge in [0.1, 0.15) is 11.5 Å². The number of benzene rings is 3. The summed E-state index contributed by atoms with van der Waals surface area (Å²) in [6.45, 7) is 2.27. The Balaban J connectivity index is 1.72. The van der Waals surface area contributed by atoms with Gasteiger partial charge in [-0.05, 0) is 36.6 Å². The molecule has 7 heteroatoms. The minimum Gasteiger partial charge on any atom is -0.371 e. The van der Waals surface area contributed by atoms with Gasteiger partial charge in [0.15, 0.2) is 9.84 Å². The first-order chi connectivity index (χ1) is 17.4. The number of sulfone groups is 1. The van der Waals surface area contributed by atoms with Crippen LogP contribution in [0.5, 0.6) is 0 Å². The van der Waals surface area contributed by atoms with Gasteiger partial charge in [0, 0.05) is 6.42 Å². The maximum atomic E-state index is 13.9. The normalized spacial score (nSPS) is 21.2. The molecule has 3 atom stereocenters. The summed E-state index contributed by atoms with van der Waals surface area (Å²) in [6.07, 6.45) is -1.73. The molecular formula is C29H28N2O4S. The molecule has 3 aromatic rings. The second kappa shape index (κ2) is 11.1. The smallest absolute Gasteiger partial charge is 0.183 e. The van der Waals surface area contributed by atoms with Gasteiger partial charge in [-0.3, -0.25) is 0 Å². The topological polar surface area (TPSA) is 100 Å². The van der Waals surface area contributed by atoms with E-state index in [9.17, 15) is 18.9 Å². The lowest BCUT2D eigenvalue weighted by molar-refractivity contribution is -0.113. The predicted octanol–water partition coefficient (Wildman–Crippen LogP) is 5.14. The van der Waals surface area contributed by atoms with Gasteiger partial charge in [0.05, 0.1) is 41.6 Å². The van der Waals surface area contributed by atoms with Crippen LogP contribution in [0.15, 0.2) is 89.8 Å². The highest BCUT2D eigenvalue weighted by Crippen LogP contribution is 2.43. The number of rotatable bonds is 8. The Labute approximate surface area is 212 Å². The quantitative estimate of drug-likeness (QED) is 0.425. The van der Waals surface area contributed by atoms with Crippen molar-refractivity contribution in [3.63, 3.8) is 0 Å². The van der Waals surface area contributed by atoms with E-state index in [4.69, 9.17) is 9.47 Å². The summed E-state index contributed by atoms with van der Waals surface area (Å²) >= 11 is 0. The predicted molar refractivity (Wildman–Crippen MR) is 135 cm³/mol. The molecule has 1 fully saturated rings. The number of ether oxygens (including phenoxy) is 2. The van der Waals surface area contributed by atoms with Crippen molar-refractivity contribution in [2.24, 2.45) is 5.41 Å². The minimum atomic E-state index is -3.95. The van der Waals surface area contributed by atoms with Crippen LogP contribution in [-0.4, -0.2) is 25.9 Å². The van der Waals surface area contributed by atoms with Crippen LogP contribution in [0.4, 0.5) is 0 Å². The van der Waals surface area contributed by atoms with Gasteiger partial charge in [-0.2, -0.15) is 10.5 Å². The molecule has 1 aliphatic rings. The lowest BCUT2D eigenvalue weighted by atomic mass is 9.73. The average Bonchev–Trinajstić information content (AvgIpc) is 2.92. The molecule has 6 nitrogen and oxygen atoms in total. The summed E-state index contributed by atoms with van der Waals surface area (Å²) < 4.78 is 40.3. The maximum Gasteiger partial charge on any atom is 0.183 e. The van der Waals surface area contributed by atoms with E-state index in [2.05, 4.69) is 12.1 Å². The molecule has 3 aromatic carbocycles. The number of hydrogen-bond donors (Lipinski definition) is 0. The molecule has 1 saturated carbocycles. The van der Waals surface area contributed by atoms with Crippen LogP contribution in [0.2, 0.25) is 0 Å². The van der Waals surface area contributed by atoms with E-state index in [1.807, 2.05) is 67.6 Å². The Morgan fingerprint density at radius 2 is 1.33 bits per heavy atom. The molecule has 0 amide bonds. The minimum absolute atomic E-state index is 0.0617. The van der Waals surface area contributed by atoms with Crippen molar-refractivity contribution < 1.29 is 17.9 Å². The van der Waals surface area contributed by atoms with Gasteiger partial charge >= 0.3 is 0 Å². The van der Waals surface area contributed by atoms with Gasteiger partial charge in [0.2, 0.25) is 0 Å². The standard InChI is InChI=1S/C29H28N2O4S/c1-22-12-14-25(15-13-22)36(32,33)27-17-29(20-30,21-31)16-26(34-18-23-8-4-2-5-9-23)28(27)35-19-24-10-6-3-7-11-24/h2-15,26-28H,16-19H2,1H3/t26-,27+,28-/m1/s1. The first kappa shape index (κ1) is 25.6. The molecule has 1 aliphatic carbocycles. The lowest BCUT2D eigenvalue weighted by Gasteiger charge is -2.42. The molecule has 0 saturated heterocycles. The average molecular weight is 501 g/mol. The van der Waals surface area contributed by atoms with Crippen LogP contribution in [0.25, 0.3) is 0 Å². The summed E-state index contributed by atoms with van der Waals surface area (Å²) in [5.74, 6) is 0. The molecule has 0 N–H and O–H groups in total. The van der Waals surface area contributed by atoms with Crippen molar-refractivity contribution >= 4 is 9.84 Å². The van der Waals surface area contributed by atoms with E-state index in [1.54, 1.807) is 24.3 Å². The van der Waals surface area contributed by atoms with E-state index in [0.717, 1.165) is 16.7 Å². The molecule has 0 aromatic heterocycles. The van der Waals surface area contributed by atoms with Crippen molar-refractivity contribution in [2.45, 2.75) is 55.3 Å². The molecular weight excluding hydrogens is 472 g/mol. The molecule has 0 spiro atoms. The van der Waals surface area contributed by atoms with Crippen LogP contribution in [-0.2, 0) is 32.5 Å². The van der Waals surface area contributed by atoms with Gasteiger partial charge in [-0.25, -0.2) is 8.42 Å². The fourth-order valence-electron chi connectivity index (χ4n) is 4.55. The summed E-state index contributed by atoms with van der Waals surface area (Å²) in [7, 11) is -3.95. The van der Waals surface area contributed by atoms with Crippen LogP contribution in [0.1, 0.15) is 29.5 Å². The lowest BCUT2D eigenvalue weighted by Crippen LogP contribution is -2.53. The Morgan fingerprint density at radius 3 is 1.86 bits per heavy atom. The Bertz CT molecular complexity index is 1330. The van der Waals surface area contributed by atoms with Gasteiger partial charge in [-0.1, -0.05) is 78.4 Å². The zero-order valence-electron chi connectivity index (χ0n) is 20.1. The fourth-order valence-corrected chi connectivity index (χ4v) is 6.53. The molecule has 36 heavy (non-hydrogen) atoms. The SMILES string of the molecule is Cc1ccc(S(=O)(=O)[C@H]2CC(C#N)(C#N)C[C@@H](OCc3ccccc3)[C@H]2OCc2ccccc2)cc1. The second-order valence-corrected chi connectivity index (χ2v) is 11.4. The molecule has 0 bridgehead atoms. The van der Waals surface area contributed by atoms with E-state index in [-0.39, 0.29) is 31.0 Å². The number of aryl methyl sites for hydroxylation is 1. The molecule has 0 heterocycles. The van der Waals surface area contributed by atoms with Crippen molar-refractivity contribution in [3.05, 3.63) is 102 Å². The first-order valence-corrected chi connectivity index (χ1v) is 13.4. The zero-order chi connectivity index (χ0) is 25.6. The highest BCUT2D eigenvalue weighted by atomic mass is 32.2. The monoisotopic (exact) mass is 500 g/mol. The highest BCUT2D eigenvalue weighted by molar-refractivity contribution is 7.92. The summed E-state index contributed by atoms with van der Waals surface area (Å²) in [5, 5.41) is 18.8. The Morgan fingerprint density at radius 1 is 0.806 bits per heavy atom. The van der Waals surface area contributed by atoms with Crippen LogP contribution >= 0.6 is 0 Å². The van der Waals surface area contributed by atoms with E-state index in [1.165, 1.54) is 0 Å². The Hall–Kier alpha value is -3.49. The van der Waals surface area contributed by atoms with E-state index < -0.39 is 32.7 Å². The third kappa shape index (κ3) is 5.66. The molecule has 4 rings (SSSR count). The Kier molecular flexibility index (Phi) is 7.86. The van der Waals surface area contributed by atoms with Crippen LogP contribution in [0.3, 0.4) is 0 Å². The van der Waals surface area contributed by atoms with Crippen LogP contribution in [0, 0.1) is 35.0 Å². The first-order valence-electron chi connectivity index (χ1n) is 11.8. The zero-order valence-corrected chi connectivity index (χ0v) is 20.9.